The summed E-state index contributed by atoms with van der Waals surface area (Å²) in [6, 6.07) is 10.3. The number of nitrogens with zero attached hydrogens (tertiary/aromatic N) is 5. The lowest BCUT2D eigenvalue weighted by Gasteiger charge is -2.27. The van der Waals surface area contributed by atoms with Crippen LogP contribution in [-0.2, 0) is 14.4 Å². The summed E-state index contributed by atoms with van der Waals surface area (Å²) in [5.41, 5.74) is 4.32. The van der Waals surface area contributed by atoms with Gasteiger partial charge in [-0.2, -0.15) is 0 Å². The van der Waals surface area contributed by atoms with Crippen LogP contribution in [0.1, 0.15) is 128 Å². The number of hydrogen-bond donors (Lipinski definition) is 2. The molecule has 2 aromatic carbocycles. The van der Waals surface area contributed by atoms with Gasteiger partial charge in [-0.1, -0.05) is 43.0 Å². The predicted molar refractivity (Wildman–Crippen MR) is 206 cm³/mol. The number of halogens is 1. The van der Waals surface area contributed by atoms with Crippen molar-refractivity contribution in [3.8, 4) is 5.00 Å². The summed E-state index contributed by atoms with van der Waals surface area (Å²) in [4.78, 5) is 83.4. The van der Waals surface area contributed by atoms with Crippen LogP contribution in [-0.4, -0.2) is 73.3 Å². The first-order chi connectivity index (χ1) is 26.4. The van der Waals surface area contributed by atoms with Gasteiger partial charge >= 0.3 is 0 Å². The molecule has 55 heavy (non-hydrogen) atoms. The largest absolute Gasteiger partial charge is 0.352 e. The number of rotatable bonds is 13. The van der Waals surface area contributed by atoms with Crippen molar-refractivity contribution in [2.75, 3.05) is 6.54 Å². The van der Waals surface area contributed by atoms with Gasteiger partial charge < -0.3 is 5.32 Å². The van der Waals surface area contributed by atoms with E-state index in [1.54, 1.807) is 11.3 Å². The fraction of sp³-hybridized carbons (Fsp3) is 0.375. The van der Waals surface area contributed by atoms with E-state index in [2.05, 4.69) is 34.7 Å². The number of benzene rings is 2. The van der Waals surface area contributed by atoms with Crippen molar-refractivity contribution in [2.24, 2.45) is 4.99 Å². The van der Waals surface area contributed by atoms with Crippen molar-refractivity contribution in [1.82, 2.24) is 30.3 Å². The molecule has 2 aromatic heterocycles. The summed E-state index contributed by atoms with van der Waals surface area (Å²) in [7, 11) is 0. The van der Waals surface area contributed by atoms with E-state index in [0.29, 0.717) is 23.8 Å². The Labute approximate surface area is 326 Å². The second-order valence-electron chi connectivity index (χ2n) is 14.1. The first-order valence-electron chi connectivity index (χ1n) is 18.4. The quantitative estimate of drug-likeness (QED) is 0.124. The number of hydrogen-bond acceptors (Lipinski definition) is 10. The van der Waals surface area contributed by atoms with Gasteiger partial charge in [0.05, 0.1) is 16.8 Å². The molecule has 1 saturated heterocycles. The van der Waals surface area contributed by atoms with Crippen molar-refractivity contribution in [3.05, 3.63) is 97.4 Å². The molecule has 284 valence electrons. The topological polar surface area (TPSA) is 173 Å². The molecule has 7 rings (SSSR count). The predicted octanol–water partition coefficient (Wildman–Crippen LogP) is 5.93. The summed E-state index contributed by atoms with van der Waals surface area (Å²) < 4.78 is 2.05. The lowest BCUT2D eigenvalue weighted by Crippen LogP contribution is -2.54. The van der Waals surface area contributed by atoms with Gasteiger partial charge in [0.15, 0.2) is 5.82 Å². The smallest absolute Gasteiger partial charge is 0.262 e. The summed E-state index contributed by atoms with van der Waals surface area (Å²) in [5.74, 6) is -1.27. The Hall–Kier alpha value is -5.34. The Balaban J connectivity index is 0.886. The van der Waals surface area contributed by atoms with Gasteiger partial charge in [0, 0.05) is 52.4 Å². The standard InChI is InChI=1S/C40H40ClN7O6S/c1-21-22(2)55-40-33(21)34(24-10-13-26(41)14-11-24)43-30(35-46-45-23(3)47(35)40)20-27(49)9-7-5-4-6-8-18-42-36(51)25-12-15-28-29(19-25)39(54)48(38(28)53)31-16-17-32(50)44-37(31)52/h10-15,19,30-31H,4-9,16-18,20H2,1-3H3,(H,42,51)(H,44,50,52)/t30-,31?/m0/s1. The Morgan fingerprint density at radius 2 is 1.65 bits per heavy atom. The van der Waals surface area contributed by atoms with E-state index >= 15 is 0 Å². The zero-order valence-corrected chi connectivity index (χ0v) is 32.3. The number of imide groups is 2. The van der Waals surface area contributed by atoms with Gasteiger partial charge in [-0.15, -0.1) is 21.5 Å². The van der Waals surface area contributed by atoms with E-state index in [0.717, 1.165) is 70.2 Å². The lowest BCUT2D eigenvalue weighted by molar-refractivity contribution is -0.136. The van der Waals surface area contributed by atoms with Crippen molar-refractivity contribution in [3.63, 3.8) is 0 Å². The average Bonchev–Trinajstić information content (AvgIpc) is 3.73. The number of aliphatic imine (C=N–C) groups is 1. The third-order valence-corrected chi connectivity index (χ3v) is 11.8. The zero-order chi connectivity index (χ0) is 39.0. The molecule has 4 aromatic rings. The monoisotopic (exact) mass is 781 g/mol. The molecule has 3 aliphatic heterocycles. The van der Waals surface area contributed by atoms with Crippen LogP contribution in [0.25, 0.3) is 5.00 Å². The molecular formula is C40H40ClN7O6S. The van der Waals surface area contributed by atoms with Gasteiger partial charge in [-0.3, -0.25) is 48.5 Å². The number of aryl methyl sites for hydroxylation is 2. The van der Waals surface area contributed by atoms with Crippen molar-refractivity contribution >= 4 is 64.0 Å². The normalized spacial score (nSPS) is 17.7. The minimum absolute atomic E-state index is 0.0285. The molecule has 13 nitrogen and oxygen atoms in total. The maximum absolute atomic E-state index is 13.4. The van der Waals surface area contributed by atoms with Crippen LogP contribution < -0.4 is 10.6 Å². The number of nitrogens with one attached hydrogen (secondary N) is 2. The zero-order valence-electron chi connectivity index (χ0n) is 30.7. The third-order valence-electron chi connectivity index (χ3n) is 10.4. The van der Waals surface area contributed by atoms with Crippen LogP contribution in [0.4, 0.5) is 0 Å². The Kier molecular flexibility index (Phi) is 10.9. The molecule has 5 amide bonds. The van der Waals surface area contributed by atoms with E-state index in [9.17, 15) is 28.8 Å². The maximum Gasteiger partial charge on any atom is 0.262 e. The second kappa shape index (κ2) is 15.8. The minimum atomic E-state index is -1.07. The average molecular weight is 782 g/mol. The Morgan fingerprint density at radius 1 is 0.927 bits per heavy atom. The highest BCUT2D eigenvalue weighted by Crippen LogP contribution is 2.40. The van der Waals surface area contributed by atoms with Gasteiger partial charge in [0.2, 0.25) is 11.8 Å². The first kappa shape index (κ1) is 38.0. The molecule has 2 N–H and O–H groups in total. The highest BCUT2D eigenvalue weighted by atomic mass is 35.5. The van der Waals surface area contributed by atoms with Crippen LogP contribution in [0.3, 0.4) is 0 Å². The van der Waals surface area contributed by atoms with Crippen molar-refractivity contribution in [2.45, 2.75) is 90.6 Å². The summed E-state index contributed by atoms with van der Waals surface area (Å²) in [6.07, 6.45) is 4.80. The Morgan fingerprint density at radius 3 is 2.42 bits per heavy atom. The van der Waals surface area contributed by atoms with Crippen molar-refractivity contribution < 1.29 is 28.8 Å². The fourth-order valence-electron chi connectivity index (χ4n) is 7.34. The highest BCUT2D eigenvalue weighted by molar-refractivity contribution is 7.15. The van der Waals surface area contributed by atoms with Gasteiger partial charge in [-0.05, 0) is 75.9 Å². The van der Waals surface area contributed by atoms with Gasteiger partial charge in [0.25, 0.3) is 17.7 Å². The molecule has 1 unspecified atom stereocenters. The number of carbonyl (C=O) groups is 6. The number of aromatic nitrogens is 3. The van der Waals surface area contributed by atoms with E-state index in [-0.39, 0.29) is 47.6 Å². The number of piperidine rings is 1. The third kappa shape index (κ3) is 7.52. The van der Waals surface area contributed by atoms with Crippen LogP contribution in [0.15, 0.2) is 47.5 Å². The molecule has 0 saturated carbocycles. The van der Waals surface area contributed by atoms with Crippen LogP contribution in [0, 0.1) is 20.8 Å². The number of fused-ring (bicyclic) bond motifs is 4. The minimum Gasteiger partial charge on any atom is -0.352 e. The molecular weight excluding hydrogens is 742 g/mol. The highest BCUT2D eigenvalue weighted by Gasteiger charge is 2.45. The molecule has 5 heterocycles. The number of Topliss-reactive ketones (excluding diaryl/α,β-unsaturated/α-hetero) is 1. The van der Waals surface area contributed by atoms with Crippen LogP contribution in [0.2, 0.25) is 5.02 Å². The molecule has 3 aliphatic rings. The molecule has 2 atom stereocenters. The first-order valence-corrected chi connectivity index (χ1v) is 19.6. The lowest BCUT2D eigenvalue weighted by atomic mass is 9.99. The molecule has 1 fully saturated rings. The summed E-state index contributed by atoms with van der Waals surface area (Å²) in [5, 5.41) is 15.6. The summed E-state index contributed by atoms with van der Waals surface area (Å²) in [6.45, 7) is 6.53. The number of carbonyl (C=O) groups excluding carboxylic acids is 6. The number of thiophene rings is 1. The fourth-order valence-corrected chi connectivity index (χ4v) is 8.68. The molecule has 0 spiro atoms. The number of unbranched alkanes of at least 4 members (excludes halogenated alkanes) is 4. The molecule has 0 radical (unpaired) electrons. The van der Waals surface area contributed by atoms with E-state index in [1.165, 1.54) is 23.1 Å². The van der Waals surface area contributed by atoms with E-state index in [4.69, 9.17) is 16.6 Å². The molecule has 15 heteroatoms. The summed E-state index contributed by atoms with van der Waals surface area (Å²) >= 11 is 7.89. The van der Waals surface area contributed by atoms with Gasteiger partial charge in [-0.25, -0.2) is 0 Å². The second-order valence-corrected chi connectivity index (χ2v) is 15.8. The molecule has 0 bridgehead atoms. The number of ketones is 1. The maximum atomic E-state index is 13.4. The number of amides is 5. The molecule has 0 aliphatic carbocycles. The van der Waals surface area contributed by atoms with Crippen LogP contribution in [0.5, 0.6) is 0 Å². The van der Waals surface area contributed by atoms with Gasteiger partial charge in [0.1, 0.15) is 28.7 Å². The van der Waals surface area contributed by atoms with Crippen LogP contribution >= 0.6 is 22.9 Å². The Bertz CT molecular complexity index is 2280. The SMILES string of the molecule is Cc1sc2c(c1C)C(c1ccc(Cl)cc1)=N[C@@H](CC(=O)CCCCCCCNC(=O)c1ccc3c(c1)C(=O)N(C1CCC(=O)NC1=O)C3=O)c1nnc(C)n1-2. The van der Waals surface area contributed by atoms with E-state index in [1.807, 2.05) is 35.8 Å². The van der Waals surface area contributed by atoms with E-state index < -0.39 is 35.7 Å². The van der Waals surface area contributed by atoms with Crippen molar-refractivity contribution in [1.29, 1.82) is 0 Å².